The zero-order chi connectivity index (χ0) is 15.4. The van der Waals surface area contributed by atoms with Crippen LogP contribution in [0.25, 0.3) is 0 Å². The van der Waals surface area contributed by atoms with Gasteiger partial charge in [0.2, 0.25) is 0 Å². The fourth-order valence-corrected chi connectivity index (χ4v) is 2.08. The fourth-order valence-electron chi connectivity index (χ4n) is 2.08. The molecular formula is C16H20O4. The van der Waals surface area contributed by atoms with Crippen LogP contribution in [0.5, 0.6) is 0 Å². The van der Waals surface area contributed by atoms with E-state index in [-0.39, 0.29) is 18.0 Å². The predicted molar refractivity (Wildman–Crippen MR) is 76.3 cm³/mol. The summed E-state index contributed by atoms with van der Waals surface area (Å²) in [6.07, 6.45) is 2.75. The Kier molecular flexibility index (Phi) is 5.19. The largest absolute Gasteiger partial charge is 0.481 e. The van der Waals surface area contributed by atoms with Gasteiger partial charge in [-0.1, -0.05) is 11.6 Å². The lowest BCUT2D eigenvalue weighted by atomic mass is 9.84. The molecule has 1 aliphatic rings. The summed E-state index contributed by atoms with van der Waals surface area (Å²) in [4.78, 5) is 34.7. The average molecular weight is 276 g/mol. The van der Waals surface area contributed by atoms with Crippen molar-refractivity contribution in [3.05, 3.63) is 33.9 Å². The van der Waals surface area contributed by atoms with Crippen LogP contribution < -0.4 is 0 Å². The van der Waals surface area contributed by atoms with Gasteiger partial charge >= 0.3 is 5.97 Å². The van der Waals surface area contributed by atoms with Gasteiger partial charge in [0.15, 0.2) is 11.6 Å². The van der Waals surface area contributed by atoms with Crippen LogP contribution in [0.4, 0.5) is 0 Å². The standard InChI is InChI=1S/C16H20O4/c1-9(6-8-14(17)18)5-7-13-12(4)15(19)10(2)11(3)16(13)20/h5H,6-8H2,1-4H3,(H,17,18)/b9-5+. The Hall–Kier alpha value is -1.97. The molecule has 0 saturated carbocycles. The van der Waals surface area contributed by atoms with Crippen LogP contribution in [0.15, 0.2) is 33.9 Å². The van der Waals surface area contributed by atoms with Crippen molar-refractivity contribution in [1.29, 1.82) is 0 Å². The number of carbonyl (C=O) groups is 3. The number of carboxylic acid groups (broad SMARTS) is 1. The van der Waals surface area contributed by atoms with E-state index in [2.05, 4.69) is 0 Å². The van der Waals surface area contributed by atoms with Crippen LogP contribution in [0.2, 0.25) is 0 Å². The van der Waals surface area contributed by atoms with E-state index in [9.17, 15) is 14.4 Å². The molecule has 0 saturated heterocycles. The molecule has 4 heteroatoms. The zero-order valence-electron chi connectivity index (χ0n) is 12.4. The van der Waals surface area contributed by atoms with Crippen LogP contribution in [0.1, 0.15) is 47.0 Å². The van der Waals surface area contributed by atoms with Crippen molar-refractivity contribution < 1.29 is 19.5 Å². The van der Waals surface area contributed by atoms with Crippen molar-refractivity contribution in [1.82, 2.24) is 0 Å². The Morgan fingerprint density at radius 2 is 1.55 bits per heavy atom. The van der Waals surface area contributed by atoms with Crippen LogP contribution in [-0.2, 0) is 14.4 Å². The summed E-state index contributed by atoms with van der Waals surface area (Å²) in [6.45, 7) is 6.85. The minimum absolute atomic E-state index is 0.0747. The first-order valence-corrected chi connectivity index (χ1v) is 6.59. The van der Waals surface area contributed by atoms with Gasteiger partial charge in [-0.25, -0.2) is 0 Å². The van der Waals surface area contributed by atoms with Gasteiger partial charge in [0.25, 0.3) is 0 Å². The summed E-state index contributed by atoms with van der Waals surface area (Å²) in [5.41, 5.74) is 2.96. The summed E-state index contributed by atoms with van der Waals surface area (Å²) >= 11 is 0. The first-order valence-electron chi connectivity index (χ1n) is 6.59. The molecule has 0 spiro atoms. The first kappa shape index (κ1) is 16.1. The summed E-state index contributed by atoms with van der Waals surface area (Å²) < 4.78 is 0. The van der Waals surface area contributed by atoms with E-state index in [0.717, 1.165) is 5.57 Å². The minimum Gasteiger partial charge on any atom is -0.481 e. The lowest BCUT2D eigenvalue weighted by molar-refractivity contribution is -0.137. The lowest BCUT2D eigenvalue weighted by Crippen LogP contribution is -2.20. The molecule has 0 aromatic carbocycles. The molecule has 108 valence electrons. The number of aliphatic carboxylic acids is 1. The van der Waals surface area contributed by atoms with Gasteiger partial charge in [-0.15, -0.1) is 0 Å². The molecule has 0 fully saturated rings. The SMILES string of the molecule is CC1=C(C)C(=O)C(C/C=C(\C)CCC(=O)O)=C(C)C1=O. The molecule has 0 bridgehead atoms. The van der Waals surface area contributed by atoms with Crippen LogP contribution in [0.3, 0.4) is 0 Å². The van der Waals surface area contributed by atoms with Crippen molar-refractivity contribution in [2.45, 2.75) is 47.0 Å². The van der Waals surface area contributed by atoms with E-state index < -0.39 is 5.97 Å². The number of ketones is 2. The Bertz CT molecular complexity index is 559. The molecule has 0 unspecified atom stereocenters. The number of carbonyl (C=O) groups excluding carboxylic acids is 2. The Morgan fingerprint density at radius 3 is 2.10 bits per heavy atom. The van der Waals surface area contributed by atoms with Gasteiger partial charge in [-0.05, 0) is 40.5 Å². The number of hydrogen-bond donors (Lipinski definition) is 1. The number of hydrogen-bond acceptors (Lipinski definition) is 3. The molecule has 0 aliphatic heterocycles. The van der Waals surface area contributed by atoms with Crippen LogP contribution >= 0.6 is 0 Å². The molecule has 20 heavy (non-hydrogen) atoms. The third kappa shape index (κ3) is 3.53. The van der Waals surface area contributed by atoms with Crippen molar-refractivity contribution in [3.63, 3.8) is 0 Å². The second-order valence-electron chi connectivity index (χ2n) is 5.16. The summed E-state index contributed by atoms with van der Waals surface area (Å²) in [7, 11) is 0. The third-order valence-corrected chi connectivity index (χ3v) is 3.70. The fraction of sp³-hybridized carbons (Fsp3) is 0.438. The van der Waals surface area contributed by atoms with Crippen molar-refractivity contribution >= 4 is 17.5 Å². The van der Waals surface area contributed by atoms with Crippen molar-refractivity contribution in [2.75, 3.05) is 0 Å². The highest BCUT2D eigenvalue weighted by molar-refractivity contribution is 6.24. The molecule has 1 aliphatic carbocycles. The highest BCUT2D eigenvalue weighted by atomic mass is 16.4. The maximum absolute atomic E-state index is 12.2. The van der Waals surface area contributed by atoms with E-state index in [0.29, 0.717) is 35.1 Å². The monoisotopic (exact) mass is 276 g/mol. The second-order valence-corrected chi connectivity index (χ2v) is 5.16. The van der Waals surface area contributed by atoms with E-state index in [1.54, 1.807) is 20.8 Å². The maximum atomic E-state index is 12.2. The average Bonchev–Trinajstić information content (AvgIpc) is 2.40. The molecule has 0 aromatic heterocycles. The van der Waals surface area contributed by atoms with Gasteiger partial charge in [-0.2, -0.15) is 0 Å². The summed E-state index contributed by atoms with van der Waals surface area (Å²) in [5.74, 6) is -0.998. The van der Waals surface area contributed by atoms with Gasteiger partial charge in [0, 0.05) is 28.7 Å². The molecule has 0 radical (unpaired) electrons. The van der Waals surface area contributed by atoms with Gasteiger partial charge in [0.1, 0.15) is 0 Å². The highest BCUT2D eigenvalue weighted by Crippen LogP contribution is 2.26. The van der Waals surface area contributed by atoms with Gasteiger partial charge in [0.05, 0.1) is 0 Å². The third-order valence-electron chi connectivity index (χ3n) is 3.70. The van der Waals surface area contributed by atoms with Crippen molar-refractivity contribution in [2.24, 2.45) is 0 Å². The predicted octanol–water partition coefficient (Wildman–Crippen LogP) is 2.99. The topological polar surface area (TPSA) is 71.4 Å². The Balaban J connectivity index is 2.87. The normalized spacial score (nSPS) is 17.1. The second kappa shape index (κ2) is 6.46. The molecule has 1 rings (SSSR count). The molecule has 0 aromatic rings. The Labute approximate surface area is 118 Å². The number of allylic oxidation sites excluding steroid dienone is 6. The molecular weight excluding hydrogens is 256 g/mol. The minimum atomic E-state index is -0.841. The van der Waals surface area contributed by atoms with Crippen LogP contribution in [-0.4, -0.2) is 22.6 Å². The number of Topliss-reactive ketones (excluding diaryl/α,β-unsaturated/α-hetero) is 2. The number of carboxylic acids is 1. The number of rotatable bonds is 5. The van der Waals surface area contributed by atoms with E-state index >= 15 is 0 Å². The molecule has 0 atom stereocenters. The Morgan fingerprint density at radius 1 is 1.00 bits per heavy atom. The van der Waals surface area contributed by atoms with Crippen LogP contribution in [0, 0.1) is 0 Å². The molecule has 0 amide bonds. The summed E-state index contributed by atoms with van der Waals surface area (Å²) in [6, 6.07) is 0. The smallest absolute Gasteiger partial charge is 0.303 e. The molecule has 1 N–H and O–H groups in total. The van der Waals surface area contributed by atoms with Crippen molar-refractivity contribution in [3.8, 4) is 0 Å². The maximum Gasteiger partial charge on any atom is 0.303 e. The summed E-state index contributed by atoms with van der Waals surface area (Å²) in [5, 5.41) is 8.62. The highest BCUT2D eigenvalue weighted by Gasteiger charge is 2.26. The lowest BCUT2D eigenvalue weighted by Gasteiger charge is -2.17. The molecule has 4 nitrogen and oxygen atoms in total. The van der Waals surface area contributed by atoms with E-state index in [1.165, 1.54) is 0 Å². The first-order chi connectivity index (χ1) is 9.25. The zero-order valence-corrected chi connectivity index (χ0v) is 12.4. The van der Waals surface area contributed by atoms with Gasteiger partial charge < -0.3 is 5.11 Å². The quantitative estimate of drug-likeness (QED) is 0.619. The molecule has 0 heterocycles. The van der Waals surface area contributed by atoms with Gasteiger partial charge in [-0.3, -0.25) is 14.4 Å². The van der Waals surface area contributed by atoms with E-state index in [4.69, 9.17) is 5.11 Å². The van der Waals surface area contributed by atoms with E-state index in [1.807, 2.05) is 13.0 Å².